The lowest BCUT2D eigenvalue weighted by Crippen LogP contribution is -2.30. The first kappa shape index (κ1) is 24.0. The van der Waals surface area contributed by atoms with Gasteiger partial charge in [0, 0.05) is 24.2 Å². The highest BCUT2D eigenvalue weighted by molar-refractivity contribution is 6.02. The van der Waals surface area contributed by atoms with Crippen LogP contribution in [-0.4, -0.2) is 50.0 Å². The highest BCUT2D eigenvalue weighted by Gasteiger charge is 2.37. The van der Waals surface area contributed by atoms with Crippen LogP contribution in [0.15, 0.2) is 48.5 Å². The summed E-state index contributed by atoms with van der Waals surface area (Å²) >= 11 is 0. The summed E-state index contributed by atoms with van der Waals surface area (Å²) in [5, 5.41) is 0. The van der Waals surface area contributed by atoms with Crippen LogP contribution >= 0.6 is 0 Å². The number of ether oxygens (including phenoxy) is 3. The Kier molecular flexibility index (Phi) is 7.82. The second-order valence-corrected chi connectivity index (χ2v) is 7.76. The largest absolute Gasteiger partial charge is 0.497 e. The molecule has 0 spiro atoms. The van der Waals surface area contributed by atoms with Crippen LogP contribution in [0.5, 0.6) is 5.75 Å². The summed E-state index contributed by atoms with van der Waals surface area (Å²) in [6.07, 6.45) is -0.264. The van der Waals surface area contributed by atoms with Crippen LogP contribution in [0.2, 0.25) is 0 Å². The lowest BCUT2D eigenvalue weighted by molar-refractivity contribution is -0.151. The van der Waals surface area contributed by atoms with Crippen molar-refractivity contribution in [2.24, 2.45) is 5.92 Å². The first-order chi connectivity index (χ1) is 15.8. The molecule has 8 nitrogen and oxygen atoms in total. The standard InChI is InChI=1S/C25H27NO7/c1-4-13-32-24(29)18-5-9-20(10-6-18)26-15-19(14-22(26)27)25(30)33-16(2)23(28)17-7-11-21(31-3)12-8-17/h5-12,16,19H,4,13-15H2,1-3H3/t16-,19-/m0/s1. The number of hydrogen-bond donors (Lipinski definition) is 0. The molecule has 1 saturated heterocycles. The van der Waals surface area contributed by atoms with E-state index in [4.69, 9.17) is 14.2 Å². The Bertz CT molecular complexity index is 1010. The van der Waals surface area contributed by atoms with Crippen molar-refractivity contribution in [3.05, 3.63) is 59.7 Å². The van der Waals surface area contributed by atoms with Gasteiger partial charge in [0.2, 0.25) is 11.7 Å². The molecule has 174 valence electrons. The molecule has 0 aliphatic carbocycles. The Labute approximate surface area is 192 Å². The molecule has 1 aliphatic rings. The normalized spacial score (nSPS) is 16.3. The van der Waals surface area contributed by atoms with Crippen LogP contribution in [0.4, 0.5) is 5.69 Å². The number of hydrogen-bond acceptors (Lipinski definition) is 7. The third-order valence-corrected chi connectivity index (χ3v) is 5.35. The van der Waals surface area contributed by atoms with Gasteiger partial charge < -0.3 is 19.1 Å². The van der Waals surface area contributed by atoms with Gasteiger partial charge in [-0.1, -0.05) is 6.92 Å². The number of ketones is 1. The van der Waals surface area contributed by atoms with Crippen LogP contribution in [0.25, 0.3) is 0 Å². The molecule has 0 bridgehead atoms. The molecular formula is C25H27NO7. The molecule has 1 fully saturated rings. The van der Waals surface area contributed by atoms with Crippen molar-refractivity contribution >= 4 is 29.3 Å². The Balaban J connectivity index is 1.59. The zero-order valence-corrected chi connectivity index (χ0v) is 18.9. The van der Waals surface area contributed by atoms with E-state index in [1.165, 1.54) is 18.9 Å². The third-order valence-electron chi connectivity index (χ3n) is 5.35. The SMILES string of the molecule is CCCOC(=O)c1ccc(N2C[C@@H](C(=O)O[C@@H](C)C(=O)c3ccc(OC)cc3)CC2=O)cc1. The quantitative estimate of drug-likeness (QED) is 0.424. The predicted molar refractivity (Wildman–Crippen MR) is 120 cm³/mol. The molecular weight excluding hydrogens is 426 g/mol. The van der Waals surface area contributed by atoms with Gasteiger partial charge in [0.25, 0.3) is 0 Å². The van der Waals surface area contributed by atoms with Crippen LogP contribution in [-0.2, 0) is 19.1 Å². The molecule has 1 aliphatic heterocycles. The van der Waals surface area contributed by atoms with Gasteiger partial charge in [0.05, 0.1) is 25.2 Å². The maximum atomic E-state index is 12.6. The topological polar surface area (TPSA) is 99.2 Å². The number of carbonyl (C=O) groups excluding carboxylic acids is 4. The Morgan fingerprint density at radius 2 is 1.67 bits per heavy atom. The van der Waals surface area contributed by atoms with E-state index in [-0.39, 0.29) is 24.7 Å². The van der Waals surface area contributed by atoms with E-state index in [1.807, 2.05) is 6.92 Å². The summed E-state index contributed by atoms with van der Waals surface area (Å²) in [4.78, 5) is 51.1. The molecule has 2 aromatic rings. The third kappa shape index (κ3) is 5.77. The van der Waals surface area contributed by atoms with Gasteiger partial charge in [-0.2, -0.15) is 0 Å². The van der Waals surface area contributed by atoms with Gasteiger partial charge in [-0.05, 0) is 61.9 Å². The summed E-state index contributed by atoms with van der Waals surface area (Å²) < 4.78 is 15.5. The zero-order chi connectivity index (χ0) is 24.0. The van der Waals surface area contributed by atoms with E-state index in [2.05, 4.69) is 0 Å². The van der Waals surface area contributed by atoms with E-state index in [9.17, 15) is 19.2 Å². The Hall–Kier alpha value is -3.68. The van der Waals surface area contributed by atoms with E-state index < -0.39 is 24.0 Å². The van der Waals surface area contributed by atoms with Gasteiger partial charge >= 0.3 is 11.9 Å². The monoisotopic (exact) mass is 453 g/mol. The van der Waals surface area contributed by atoms with Crippen LogP contribution in [0.1, 0.15) is 47.4 Å². The molecule has 1 heterocycles. The average Bonchev–Trinajstić information content (AvgIpc) is 3.23. The fourth-order valence-electron chi connectivity index (χ4n) is 3.48. The van der Waals surface area contributed by atoms with Gasteiger partial charge in [-0.15, -0.1) is 0 Å². The molecule has 0 unspecified atom stereocenters. The van der Waals surface area contributed by atoms with E-state index in [0.717, 1.165) is 6.42 Å². The predicted octanol–water partition coefficient (Wildman–Crippen LogP) is 3.43. The minimum absolute atomic E-state index is 0.0113. The summed E-state index contributed by atoms with van der Waals surface area (Å²) in [5.41, 5.74) is 1.36. The number of rotatable bonds is 9. The van der Waals surface area contributed by atoms with Gasteiger partial charge in [0.1, 0.15) is 5.75 Å². The number of Topliss-reactive ketones (excluding diaryl/α,β-unsaturated/α-hetero) is 1. The minimum atomic E-state index is -0.983. The van der Waals surface area contributed by atoms with Crippen LogP contribution in [0.3, 0.4) is 0 Å². The van der Waals surface area contributed by atoms with E-state index in [1.54, 1.807) is 48.5 Å². The molecule has 33 heavy (non-hydrogen) atoms. The van der Waals surface area contributed by atoms with Crippen molar-refractivity contribution in [3.63, 3.8) is 0 Å². The fourth-order valence-corrected chi connectivity index (χ4v) is 3.48. The zero-order valence-electron chi connectivity index (χ0n) is 18.9. The maximum Gasteiger partial charge on any atom is 0.338 e. The number of nitrogens with zero attached hydrogens (tertiary/aromatic N) is 1. The first-order valence-corrected chi connectivity index (χ1v) is 10.8. The second kappa shape index (κ2) is 10.8. The Morgan fingerprint density at radius 1 is 1.03 bits per heavy atom. The lowest BCUT2D eigenvalue weighted by atomic mass is 10.1. The molecule has 2 atom stereocenters. The second-order valence-electron chi connectivity index (χ2n) is 7.76. The summed E-state index contributed by atoms with van der Waals surface area (Å²) in [7, 11) is 1.53. The molecule has 8 heteroatoms. The molecule has 0 aromatic heterocycles. The van der Waals surface area contributed by atoms with E-state index in [0.29, 0.717) is 29.2 Å². The molecule has 1 amide bonds. The van der Waals surface area contributed by atoms with Gasteiger partial charge in [-0.25, -0.2) is 4.79 Å². The number of amides is 1. The highest BCUT2D eigenvalue weighted by atomic mass is 16.5. The molecule has 3 rings (SSSR count). The van der Waals surface area contributed by atoms with Crippen molar-refractivity contribution in [2.75, 3.05) is 25.2 Å². The molecule has 0 N–H and O–H groups in total. The number of esters is 2. The average molecular weight is 453 g/mol. The number of carbonyl (C=O) groups is 4. The number of benzene rings is 2. The molecule has 0 radical (unpaired) electrons. The summed E-state index contributed by atoms with van der Waals surface area (Å²) in [6.45, 7) is 3.90. The van der Waals surface area contributed by atoms with E-state index >= 15 is 0 Å². The van der Waals surface area contributed by atoms with Crippen molar-refractivity contribution in [3.8, 4) is 5.75 Å². The number of methoxy groups -OCH3 is 1. The van der Waals surface area contributed by atoms with Crippen molar-refractivity contribution < 1.29 is 33.4 Å². The Morgan fingerprint density at radius 3 is 2.27 bits per heavy atom. The van der Waals surface area contributed by atoms with Crippen molar-refractivity contribution in [1.29, 1.82) is 0 Å². The van der Waals surface area contributed by atoms with Gasteiger partial charge in [-0.3, -0.25) is 14.4 Å². The lowest BCUT2D eigenvalue weighted by Gasteiger charge is -2.18. The summed E-state index contributed by atoms with van der Waals surface area (Å²) in [6, 6.07) is 13.0. The highest BCUT2D eigenvalue weighted by Crippen LogP contribution is 2.27. The number of anilines is 1. The molecule has 0 saturated carbocycles. The van der Waals surface area contributed by atoms with Crippen LogP contribution in [0, 0.1) is 5.92 Å². The first-order valence-electron chi connectivity index (χ1n) is 10.8. The van der Waals surface area contributed by atoms with Crippen molar-refractivity contribution in [1.82, 2.24) is 0 Å². The van der Waals surface area contributed by atoms with Crippen molar-refractivity contribution in [2.45, 2.75) is 32.8 Å². The summed E-state index contributed by atoms with van der Waals surface area (Å²) in [5.74, 6) is -1.65. The molecule has 2 aromatic carbocycles. The smallest absolute Gasteiger partial charge is 0.338 e. The fraction of sp³-hybridized carbons (Fsp3) is 0.360. The van der Waals surface area contributed by atoms with Gasteiger partial charge in [0.15, 0.2) is 6.10 Å². The van der Waals surface area contributed by atoms with Crippen LogP contribution < -0.4 is 9.64 Å². The minimum Gasteiger partial charge on any atom is -0.497 e. The maximum absolute atomic E-state index is 12.6.